The van der Waals surface area contributed by atoms with Gasteiger partial charge in [0.05, 0.1) is 0 Å². The maximum Gasteiger partial charge on any atom is 0.233 e. The largest absolute Gasteiger partial charge is 0.324 e. The molecule has 0 saturated heterocycles. The molecule has 0 aliphatic carbocycles. The van der Waals surface area contributed by atoms with Crippen LogP contribution >= 0.6 is 0 Å². The molecule has 3 aromatic carbocycles. The number of rotatable bonds is 6. The Morgan fingerprint density at radius 1 is 0.500 bits per heavy atom. The van der Waals surface area contributed by atoms with Gasteiger partial charge in [0, 0.05) is 17.1 Å². The Balaban J connectivity index is 1.66. The third-order valence-corrected chi connectivity index (χ3v) is 4.64. The van der Waals surface area contributed by atoms with E-state index in [-0.39, 0.29) is 0 Å². The summed E-state index contributed by atoms with van der Waals surface area (Å²) in [4.78, 5) is 13.7. The molecular weight excluding hydrogens is 372 g/mol. The lowest BCUT2D eigenvalue weighted by atomic mass is 10.2. The van der Waals surface area contributed by atoms with Crippen molar-refractivity contribution in [3.05, 3.63) is 89.5 Å². The molecule has 0 aliphatic heterocycles. The van der Waals surface area contributed by atoms with Crippen LogP contribution in [0.2, 0.25) is 0 Å². The molecule has 0 fully saturated rings. The van der Waals surface area contributed by atoms with Crippen LogP contribution in [0.3, 0.4) is 0 Å². The quantitative estimate of drug-likeness (QED) is 0.370. The first kappa shape index (κ1) is 19.4. The van der Waals surface area contributed by atoms with Crippen molar-refractivity contribution in [2.75, 3.05) is 16.0 Å². The predicted molar refractivity (Wildman–Crippen MR) is 123 cm³/mol. The van der Waals surface area contributed by atoms with E-state index in [0.717, 1.165) is 22.6 Å². The molecule has 0 bridgehead atoms. The first-order valence-corrected chi connectivity index (χ1v) is 9.81. The van der Waals surface area contributed by atoms with E-state index in [0.29, 0.717) is 17.8 Å². The average Bonchev–Trinajstić information content (AvgIpc) is 2.73. The van der Waals surface area contributed by atoms with Crippen molar-refractivity contribution in [1.29, 1.82) is 0 Å². The molecule has 4 rings (SSSR count). The molecule has 30 heavy (non-hydrogen) atoms. The van der Waals surface area contributed by atoms with Crippen molar-refractivity contribution in [1.82, 2.24) is 15.0 Å². The average molecular weight is 396 g/mol. The fourth-order valence-corrected chi connectivity index (χ4v) is 2.91. The number of hydrogen-bond acceptors (Lipinski definition) is 6. The van der Waals surface area contributed by atoms with Crippen LogP contribution < -0.4 is 16.0 Å². The van der Waals surface area contributed by atoms with Gasteiger partial charge in [0.15, 0.2) is 0 Å². The molecule has 0 radical (unpaired) electrons. The van der Waals surface area contributed by atoms with Gasteiger partial charge >= 0.3 is 0 Å². The first-order chi connectivity index (χ1) is 14.5. The van der Waals surface area contributed by atoms with Crippen molar-refractivity contribution < 1.29 is 0 Å². The molecule has 0 atom stereocenters. The van der Waals surface area contributed by atoms with E-state index in [2.05, 4.69) is 44.7 Å². The van der Waals surface area contributed by atoms with Crippen LogP contribution in [0.4, 0.5) is 34.9 Å². The molecule has 0 amide bonds. The molecule has 4 aromatic rings. The number of nitrogens with one attached hydrogen (secondary N) is 3. The zero-order valence-electron chi connectivity index (χ0n) is 17.3. The van der Waals surface area contributed by atoms with Crippen molar-refractivity contribution >= 4 is 34.9 Å². The minimum Gasteiger partial charge on any atom is -0.324 e. The summed E-state index contributed by atoms with van der Waals surface area (Å²) in [6.45, 7) is 6.15. The minimum atomic E-state index is 0.458. The van der Waals surface area contributed by atoms with E-state index in [9.17, 15) is 0 Å². The van der Waals surface area contributed by atoms with Gasteiger partial charge in [-0.3, -0.25) is 0 Å². The Bertz CT molecular complexity index is 1070. The fourth-order valence-electron chi connectivity index (χ4n) is 2.91. The summed E-state index contributed by atoms with van der Waals surface area (Å²) >= 11 is 0. The second-order valence-corrected chi connectivity index (χ2v) is 7.23. The topological polar surface area (TPSA) is 74.8 Å². The minimum absolute atomic E-state index is 0.458. The van der Waals surface area contributed by atoms with Crippen LogP contribution in [0.5, 0.6) is 0 Å². The number of para-hydroxylation sites is 1. The van der Waals surface area contributed by atoms with Crippen molar-refractivity contribution in [3.63, 3.8) is 0 Å². The molecular formula is C24H24N6. The van der Waals surface area contributed by atoms with Crippen molar-refractivity contribution in [3.8, 4) is 0 Å². The number of nitrogens with zero attached hydrogens (tertiary/aromatic N) is 3. The Labute approximate surface area is 176 Å². The Morgan fingerprint density at radius 3 is 1.40 bits per heavy atom. The van der Waals surface area contributed by atoms with Crippen LogP contribution in [0.15, 0.2) is 72.8 Å². The summed E-state index contributed by atoms with van der Waals surface area (Å²) in [7, 11) is 0. The number of benzene rings is 3. The highest BCUT2D eigenvalue weighted by Gasteiger charge is 2.09. The first-order valence-electron chi connectivity index (χ1n) is 9.81. The smallest absolute Gasteiger partial charge is 0.233 e. The maximum atomic E-state index is 4.56. The van der Waals surface area contributed by atoms with Gasteiger partial charge < -0.3 is 16.0 Å². The number of aromatic nitrogens is 3. The van der Waals surface area contributed by atoms with Gasteiger partial charge in [-0.05, 0) is 56.7 Å². The van der Waals surface area contributed by atoms with Crippen LogP contribution in [0.1, 0.15) is 16.7 Å². The zero-order chi connectivity index (χ0) is 20.9. The summed E-state index contributed by atoms with van der Waals surface area (Å²) in [5.74, 6) is 1.38. The van der Waals surface area contributed by atoms with E-state index in [4.69, 9.17) is 0 Å². The van der Waals surface area contributed by atoms with E-state index in [1.54, 1.807) is 0 Å². The molecule has 0 saturated carbocycles. The molecule has 3 N–H and O–H groups in total. The van der Waals surface area contributed by atoms with Crippen LogP contribution in [-0.2, 0) is 0 Å². The van der Waals surface area contributed by atoms with Gasteiger partial charge in [0.2, 0.25) is 17.8 Å². The van der Waals surface area contributed by atoms with Crippen molar-refractivity contribution in [2.24, 2.45) is 0 Å². The molecule has 1 aromatic heterocycles. The SMILES string of the molecule is Cc1ccc(Nc2nc(Nc3ccc(C)cc3)nc(Nc3ccccc3C)n2)cc1. The highest BCUT2D eigenvalue weighted by atomic mass is 15.3. The summed E-state index contributed by atoms with van der Waals surface area (Å²) in [5, 5.41) is 9.83. The normalized spacial score (nSPS) is 10.5. The van der Waals surface area contributed by atoms with Gasteiger partial charge in [0.1, 0.15) is 0 Å². The fraction of sp³-hybridized carbons (Fsp3) is 0.125. The van der Waals surface area contributed by atoms with Crippen LogP contribution in [-0.4, -0.2) is 15.0 Å². The monoisotopic (exact) mass is 396 g/mol. The maximum absolute atomic E-state index is 4.56. The van der Waals surface area contributed by atoms with Gasteiger partial charge in [0.25, 0.3) is 0 Å². The summed E-state index contributed by atoms with van der Waals surface area (Å²) < 4.78 is 0. The molecule has 150 valence electrons. The number of aryl methyl sites for hydroxylation is 3. The summed E-state index contributed by atoms with van der Waals surface area (Å²) in [6.07, 6.45) is 0. The second-order valence-electron chi connectivity index (χ2n) is 7.23. The molecule has 6 nitrogen and oxygen atoms in total. The Morgan fingerprint density at radius 2 is 0.933 bits per heavy atom. The predicted octanol–water partition coefficient (Wildman–Crippen LogP) is 6.03. The van der Waals surface area contributed by atoms with E-state index in [1.165, 1.54) is 11.1 Å². The standard InChI is InChI=1S/C24H24N6/c1-16-8-12-19(13-9-16)25-22-28-23(26-20-14-10-17(2)11-15-20)30-24(29-22)27-21-7-5-4-6-18(21)3/h4-15H,1-3H3,(H3,25,26,27,28,29,30). The summed E-state index contributed by atoms with van der Waals surface area (Å²) in [6, 6.07) is 24.2. The van der Waals surface area contributed by atoms with Gasteiger partial charge in [-0.2, -0.15) is 15.0 Å². The second kappa shape index (κ2) is 8.61. The highest BCUT2D eigenvalue weighted by molar-refractivity contribution is 5.63. The molecule has 0 aliphatic rings. The molecule has 1 heterocycles. The van der Waals surface area contributed by atoms with Gasteiger partial charge in [-0.15, -0.1) is 0 Å². The van der Waals surface area contributed by atoms with Crippen molar-refractivity contribution in [2.45, 2.75) is 20.8 Å². The third-order valence-electron chi connectivity index (χ3n) is 4.64. The third kappa shape index (κ3) is 4.91. The summed E-state index contributed by atoms with van der Waals surface area (Å²) in [5.41, 5.74) is 6.27. The molecule has 0 spiro atoms. The zero-order valence-corrected chi connectivity index (χ0v) is 17.3. The van der Waals surface area contributed by atoms with Gasteiger partial charge in [-0.25, -0.2) is 0 Å². The Kier molecular flexibility index (Phi) is 5.57. The molecule has 6 heteroatoms. The lowest BCUT2D eigenvalue weighted by molar-refractivity contribution is 1.06. The van der Waals surface area contributed by atoms with E-state index < -0.39 is 0 Å². The Hall–Kier alpha value is -3.93. The van der Waals surface area contributed by atoms with E-state index in [1.807, 2.05) is 79.7 Å². The van der Waals surface area contributed by atoms with E-state index >= 15 is 0 Å². The highest BCUT2D eigenvalue weighted by Crippen LogP contribution is 2.22. The number of anilines is 6. The van der Waals surface area contributed by atoms with Crippen LogP contribution in [0.25, 0.3) is 0 Å². The van der Waals surface area contributed by atoms with Gasteiger partial charge in [-0.1, -0.05) is 53.6 Å². The lowest BCUT2D eigenvalue weighted by Gasteiger charge is -2.13. The number of hydrogen-bond donors (Lipinski definition) is 3. The van der Waals surface area contributed by atoms with Crippen LogP contribution in [0, 0.1) is 20.8 Å². The lowest BCUT2D eigenvalue weighted by Crippen LogP contribution is -2.07. The molecule has 0 unspecified atom stereocenters.